The fraction of sp³-hybridized carbons (Fsp3) is 0.667. The standard InChI is InChI=1S/C9H17N3.2ClH/c1-9(2,3)8-5-7(6-10-4)11-12-8;;/h5,10H,6H2,1-4H3,(H,11,12);2*1H. The number of aromatic nitrogens is 2. The van der Waals surface area contributed by atoms with Crippen molar-refractivity contribution in [3.05, 3.63) is 17.5 Å². The number of hydrogen-bond acceptors (Lipinski definition) is 2. The third kappa shape index (κ3) is 4.31. The van der Waals surface area contributed by atoms with Crippen LogP contribution in [-0.2, 0) is 12.0 Å². The van der Waals surface area contributed by atoms with Gasteiger partial charge in [0.25, 0.3) is 0 Å². The van der Waals surface area contributed by atoms with Gasteiger partial charge in [0.2, 0.25) is 0 Å². The van der Waals surface area contributed by atoms with E-state index in [0.29, 0.717) is 0 Å². The number of hydrogen-bond donors (Lipinski definition) is 2. The smallest absolute Gasteiger partial charge is 0.0678 e. The van der Waals surface area contributed by atoms with Crippen LogP contribution >= 0.6 is 24.8 Å². The quantitative estimate of drug-likeness (QED) is 0.832. The minimum absolute atomic E-state index is 0. The van der Waals surface area contributed by atoms with E-state index < -0.39 is 0 Å². The SMILES string of the molecule is CNCc1cc(C(C)(C)C)n[nH]1.Cl.Cl. The first-order valence-electron chi connectivity index (χ1n) is 4.23. The second-order valence-electron chi connectivity index (χ2n) is 4.06. The van der Waals surface area contributed by atoms with E-state index in [0.717, 1.165) is 17.9 Å². The van der Waals surface area contributed by atoms with Gasteiger partial charge in [-0.2, -0.15) is 5.10 Å². The van der Waals surface area contributed by atoms with Crippen molar-refractivity contribution in [2.24, 2.45) is 0 Å². The van der Waals surface area contributed by atoms with E-state index in [1.165, 1.54) is 0 Å². The molecular weight excluding hydrogens is 221 g/mol. The minimum atomic E-state index is 0. The lowest BCUT2D eigenvalue weighted by Gasteiger charge is -2.13. The van der Waals surface area contributed by atoms with Gasteiger partial charge in [-0.25, -0.2) is 0 Å². The van der Waals surface area contributed by atoms with E-state index >= 15 is 0 Å². The molecule has 0 amide bonds. The van der Waals surface area contributed by atoms with Gasteiger partial charge in [-0.05, 0) is 13.1 Å². The van der Waals surface area contributed by atoms with Gasteiger partial charge in [-0.3, -0.25) is 5.10 Å². The molecule has 3 nitrogen and oxygen atoms in total. The maximum absolute atomic E-state index is 4.24. The average Bonchev–Trinajstić information content (AvgIpc) is 2.35. The van der Waals surface area contributed by atoms with E-state index in [1.807, 2.05) is 7.05 Å². The molecule has 0 aromatic carbocycles. The van der Waals surface area contributed by atoms with Crippen LogP contribution in [0.1, 0.15) is 32.2 Å². The maximum Gasteiger partial charge on any atom is 0.0678 e. The Bertz CT molecular complexity index is 253. The van der Waals surface area contributed by atoms with E-state index in [1.54, 1.807) is 0 Å². The fourth-order valence-electron chi connectivity index (χ4n) is 1.03. The van der Waals surface area contributed by atoms with Crippen LogP contribution in [0.4, 0.5) is 0 Å². The Kier molecular flexibility index (Phi) is 7.26. The number of halogens is 2. The van der Waals surface area contributed by atoms with E-state index in [4.69, 9.17) is 0 Å². The van der Waals surface area contributed by atoms with Gasteiger partial charge in [0.15, 0.2) is 0 Å². The summed E-state index contributed by atoms with van der Waals surface area (Å²) >= 11 is 0. The zero-order valence-electron chi connectivity index (χ0n) is 9.05. The lowest BCUT2D eigenvalue weighted by Crippen LogP contribution is -2.11. The molecule has 0 bridgehead atoms. The van der Waals surface area contributed by atoms with Crippen molar-refractivity contribution < 1.29 is 0 Å². The Hall–Kier alpha value is -0.250. The number of rotatable bonds is 2. The van der Waals surface area contributed by atoms with E-state index in [2.05, 4.69) is 42.4 Å². The number of H-pyrrole nitrogens is 1. The first-order valence-corrected chi connectivity index (χ1v) is 4.23. The highest BCUT2D eigenvalue weighted by Gasteiger charge is 2.16. The second kappa shape index (κ2) is 6.27. The van der Waals surface area contributed by atoms with Crippen molar-refractivity contribution >= 4 is 24.8 Å². The molecule has 1 aromatic rings. The van der Waals surface area contributed by atoms with Gasteiger partial charge in [-0.1, -0.05) is 20.8 Å². The average molecular weight is 240 g/mol. The highest BCUT2D eigenvalue weighted by atomic mass is 35.5. The Balaban J connectivity index is 0. The van der Waals surface area contributed by atoms with Crippen molar-refractivity contribution in [1.82, 2.24) is 15.5 Å². The summed E-state index contributed by atoms with van der Waals surface area (Å²) in [5, 5.41) is 10.3. The molecular formula is C9H19Cl2N3. The largest absolute Gasteiger partial charge is 0.314 e. The first kappa shape index (κ1) is 16.2. The summed E-state index contributed by atoms with van der Waals surface area (Å²) in [7, 11) is 1.93. The molecule has 0 spiro atoms. The molecule has 0 aliphatic rings. The van der Waals surface area contributed by atoms with Crippen LogP contribution in [-0.4, -0.2) is 17.2 Å². The molecule has 0 aliphatic carbocycles. The molecule has 2 N–H and O–H groups in total. The number of nitrogens with zero attached hydrogens (tertiary/aromatic N) is 1. The molecule has 0 saturated carbocycles. The maximum atomic E-state index is 4.24. The van der Waals surface area contributed by atoms with Crippen LogP contribution in [0.5, 0.6) is 0 Å². The molecule has 1 heterocycles. The predicted octanol–water partition coefficient (Wildman–Crippen LogP) is 2.27. The monoisotopic (exact) mass is 239 g/mol. The molecule has 84 valence electrons. The molecule has 14 heavy (non-hydrogen) atoms. The summed E-state index contributed by atoms with van der Waals surface area (Å²) in [6.07, 6.45) is 0. The topological polar surface area (TPSA) is 40.7 Å². The Morgan fingerprint density at radius 2 is 1.93 bits per heavy atom. The predicted molar refractivity (Wildman–Crippen MR) is 64.5 cm³/mol. The lowest BCUT2D eigenvalue weighted by atomic mass is 9.92. The van der Waals surface area contributed by atoms with Crippen LogP contribution in [0.25, 0.3) is 0 Å². The molecule has 1 rings (SSSR count). The van der Waals surface area contributed by atoms with Crippen molar-refractivity contribution in [3.8, 4) is 0 Å². The summed E-state index contributed by atoms with van der Waals surface area (Å²) in [6, 6.07) is 2.11. The fourth-order valence-corrected chi connectivity index (χ4v) is 1.03. The number of nitrogens with one attached hydrogen (secondary N) is 2. The van der Waals surface area contributed by atoms with Gasteiger partial charge < -0.3 is 5.32 Å². The Morgan fingerprint density at radius 1 is 1.36 bits per heavy atom. The Morgan fingerprint density at radius 3 is 2.29 bits per heavy atom. The van der Waals surface area contributed by atoms with Gasteiger partial charge in [-0.15, -0.1) is 24.8 Å². The Labute approximate surface area is 97.9 Å². The normalized spacial score (nSPS) is 10.3. The van der Waals surface area contributed by atoms with E-state index in [9.17, 15) is 0 Å². The van der Waals surface area contributed by atoms with Crippen molar-refractivity contribution in [1.29, 1.82) is 0 Å². The third-order valence-electron chi connectivity index (χ3n) is 1.77. The van der Waals surface area contributed by atoms with Gasteiger partial charge in [0.05, 0.1) is 5.69 Å². The van der Waals surface area contributed by atoms with Crippen molar-refractivity contribution in [3.63, 3.8) is 0 Å². The molecule has 1 aromatic heterocycles. The van der Waals surface area contributed by atoms with Crippen molar-refractivity contribution in [2.45, 2.75) is 32.7 Å². The van der Waals surface area contributed by atoms with Crippen LogP contribution in [0.3, 0.4) is 0 Å². The van der Waals surface area contributed by atoms with Gasteiger partial charge in [0.1, 0.15) is 0 Å². The highest BCUT2D eigenvalue weighted by Crippen LogP contribution is 2.19. The summed E-state index contributed by atoms with van der Waals surface area (Å²) < 4.78 is 0. The van der Waals surface area contributed by atoms with Crippen LogP contribution < -0.4 is 5.32 Å². The zero-order chi connectivity index (χ0) is 9.19. The molecule has 0 aliphatic heterocycles. The summed E-state index contributed by atoms with van der Waals surface area (Å²) in [4.78, 5) is 0. The molecule has 0 atom stereocenters. The molecule has 0 unspecified atom stereocenters. The van der Waals surface area contributed by atoms with Gasteiger partial charge >= 0.3 is 0 Å². The van der Waals surface area contributed by atoms with Gasteiger partial charge in [0, 0.05) is 17.7 Å². The lowest BCUT2D eigenvalue weighted by molar-refractivity contribution is 0.567. The third-order valence-corrected chi connectivity index (χ3v) is 1.77. The summed E-state index contributed by atoms with van der Waals surface area (Å²) in [5.74, 6) is 0. The van der Waals surface area contributed by atoms with Crippen LogP contribution in [0.2, 0.25) is 0 Å². The number of aromatic amines is 1. The minimum Gasteiger partial charge on any atom is -0.314 e. The second-order valence-corrected chi connectivity index (χ2v) is 4.06. The molecule has 5 heteroatoms. The summed E-state index contributed by atoms with van der Waals surface area (Å²) in [6.45, 7) is 7.33. The molecule has 0 saturated heterocycles. The molecule has 0 fully saturated rings. The molecule has 0 radical (unpaired) electrons. The first-order chi connectivity index (χ1) is 5.54. The van der Waals surface area contributed by atoms with Crippen LogP contribution in [0.15, 0.2) is 6.07 Å². The van der Waals surface area contributed by atoms with Crippen molar-refractivity contribution in [2.75, 3.05) is 7.05 Å². The van der Waals surface area contributed by atoms with E-state index in [-0.39, 0.29) is 30.2 Å². The highest BCUT2D eigenvalue weighted by molar-refractivity contribution is 5.85. The zero-order valence-corrected chi connectivity index (χ0v) is 10.7. The summed E-state index contributed by atoms with van der Waals surface area (Å²) in [5.41, 5.74) is 2.40. The van der Waals surface area contributed by atoms with Crippen LogP contribution in [0, 0.1) is 0 Å².